The first-order chi connectivity index (χ1) is 14.8. The molecule has 0 bridgehead atoms. The third-order valence-corrected chi connectivity index (χ3v) is 5.42. The second-order valence-corrected chi connectivity index (χ2v) is 8.51. The van der Waals surface area contributed by atoms with Crippen LogP contribution in [0.5, 0.6) is 5.75 Å². The van der Waals surface area contributed by atoms with Crippen LogP contribution < -0.4 is 10.6 Å². The molecule has 1 fully saturated rings. The van der Waals surface area contributed by atoms with Gasteiger partial charge in [0, 0.05) is 35.2 Å². The molecule has 0 radical (unpaired) electrons. The van der Waals surface area contributed by atoms with Gasteiger partial charge in [-0.25, -0.2) is 14.2 Å². The van der Waals surface area contributed by atoms with Gasteiger partial charge in [0.05, 0.1) is 24.9 Å². The highest BCUT2D eigenvalue weighted by atomic mass is 79.9. The van der Waals surface area contributed by atoms with Crippen molar-refractivity contribution in [1.82, 2.24) is 10.2 Å². The number of aromatic hydroxyl groups is 1. The standard InChI is InChI=1S/C22H26BrFN4O3/c1-13-11-28(12-14(2)26-13)22(25-10-16-8-17(23)5-6-18(16)24)27-19-9-15(21(30)31-3)4-7-20(19)29/h4-9,13-14,26,29H,10-12H2,1-3H3,(H,25,27). The van der Waals surface area contributed by atoms with E-state index in [0.717, 1.165) is 4.47 Å². The molecule has 2 aromatic carbocycles. The van der Waals surface area contributed by atoms with E-state index >= 15 is 0 Å². The third kappa shape index (κ3) is 5.95. The highest BCUT2D eigenvalue weighted by Gasteiger charge is 2.24. The smallest absolute Gasteiger partial charge is 0.337 e. The molecule has 2 aromatic rings. The zero-order valence-electron chi connectivity index (χ0n) is 17.7. The van der Waals surface area contributed by atoms with Crippen LogP contribution in [0.25, 0.3) is 0 Å². The number of hydrogen-bond acceptors (Lipinski definition) is 5. The molecule has 0 aromatic heterocycles. The SMILES string of the molecule is COC(=O)c1ccc(O)c(NC(=NCc2cc(Br)ccc2F)N2CC(C)NC(C)C2)c1. The summed E-state index contributed by atoms with van der Waals surface area (Å²) in [5.41, 5.74) is 1.05. The monoisotopic (exact) mass is 492 g/mol. The van der Waals surface area contributed by atoms with Crippen LogP contribution in [0.4, 0.5) is 10.1 Å². The van der Waals surface area contributed by atoms with Crippen LogP contribution in [0.15, 0.2) is 45.9 Å². The number of carbonyl (C=O) groups is 1. The molecule has 1 heterocycles. The van der Waals surface area contributed by atoms with Crippen molar-refractivity contribution < 1.29 is 19.0 Å². The average molecular weight is 493 g/mol. The van der Waals surface area contributed by atoms with Crippen molar-refractivity contribution in [2.45, 2.75) is 32.5 Å². The van der Waals surface area contributed by atoms with Crippen molar-refractivity contribution in [3.63, 3.8) is 0 Å². The molecule has 1 saturated heterocycles. The number of ether oxygens (including phenoxy) is 1. The molecule has 31 heavy (non-hydrogen) atoms. The maximum absolute atomic E-state index is 14.2. The number of piperazine rings is 1. The average Bonchev–Trinajstić information content (AvgIpc) is 2.73. The number of aliphatic imine (C=N–C) groups is 1. The summed E-state index contributed by atoms with van der Waals surface area (Å²) >= 11 is 3.36. The number of phenols is 1. The summed E-state index contributed by atoms with van der Waals surface area (Å²) in [5.74, 6) is -0.409. The van der Waals surface area contributed by atoms with Crippen LogP contribution in [0.3, 0.4) is 0 Å². The fraction of sp³-hybridized carbons (Fsp3) is 0.364. The molecule has 0 aliphatic carbocycles. The summed E-state index contributed by atoms with van der Waals surface area (Å²) in [6.07, 6.45) is 0. The van der Waals surface area contributed by atoms with E-state index in [2.05, 4.69) is 45.4 Å². The number of phenolic OH excluding ortho intramolecular Hbond substituents is 1. The largest absolute Gasteiger partial charge is 0.506 e. The molecule has 166 valence electrons. The molecule has 2 atom stereocenters. The van der Waals surface area contributed by atoms with Crippen molar-refractivity contribution in [3.05, 3.63) is 57.8 Å². The Labute approximate surface area is 189 Å². The lowest BCUT2D eigenvalue weighted by Crippen LogP contribution is -2.57. The van der Waals surface area contributed by atoms with Gasteiger partial charge in [-0.3, -0.25) is 0 Å². The number of hydrogen-bond donors (Lipinski definition) is 3. The molecule has 1 aliphatic rings. The number of carbonyl (C=O) groups excluding carboxylic acids is 1. The topological polar surface area (TPSA) is 86.2 Å². The second kappa shape index (κ2) is 10.1. The van der Waals surface area contributed by atoms with E-state index in [-0.39, 0.29) is 30.2 Å². The van der Waals surface area contributed by atoms with Crippen molar-refractivity contribution >= 4 is 33.5 Å². The van der Waals surface area contributed by atoms with Gasteiger partial charge < -0.3 is 25.4 Å². The van der Waals surface area contributed by atoms with Crippen molar-refractivity contribution in [1.29, 1.82) is 0 Å². The number of anilines is 1. The number of nitrogens with zero attached hydrogens (tertiary/aromatic N) is 2. The second-order valence-electron chi connectivity index (χ2n) is 7.60. The van der Waals surface area contributed by atoms with E-state index in [1.54, 1.807) is 12.1 Å². The van der Waals surface area contributed by atoms with Crippen LogP contribution in [0.1, 0.15) is 29.8 Å². The van der Waals surface area contributed by atoms with Gasteiger partial charge >= 0.3 is 5.97 Å². The molecule has 0 spiro atoms. The van der Waals surface area contributed by atoms with E-state index < -0.39 is 5.97 Å². The molecule has 0 saturated carbocycles. The number of benzene rings is 2. The van der Waals surface area contributed by atoms with Crippen LogP contribution in [0.2, 0.25) is 0 Å². The Hall–Kier alpha value is -2.65. The predicted molar refractivity (Wildman–Crippen MR) is 122 cm³/mol. The Morgan fingerprint density at radius 2 is 2.00 bits per heavy atom. The van der Waals surface area contributed by atoms with Gasteiger partial charge in [-0.05, 0) is 50.2 Å². The number of halogens is 2. The lowest BCUT2D eigenvalue weighted by molar-refractivity contribution is 0.0601. The summed E-state index contributed by atoms with van der Waals surface area (Å²) in [6, 6.07) is 9.56. The number of methoxy groups -OCH3 is 1. The lowest BCUT2D eigenvalue weighted by Gasteiger charge is -2.38. The van der Waals surface area contributed by atoms with Gasteiger partial charge in [-0.2, -0.15) is 0 Å². The quantitative estimate of drug-likeness (QED) is 0.261. The first-order valence-electron chi connectivity index (χ1n) is 9.94. The summed E-state index contributed by atoms with van der Waals surface area (Å²) in [4.78, 5) is 18.6. The number of nitrogens with one attached hydrogen (secondary N) is 2. The highest BCUT2D eigenvalue weighted by Crippen LogP contribution is 2.26. The summed E-state index contributed by atoms with van der Waals surface area (Å²) in [6.45, 7) is 5.61. The molecule has 0 amide bonds. The summed E-state index contributed by atoms with van der Waals surface area (Å²) in [5, 5.41) is 16.9. The molecule has 3 rings (SSSR count). The van der Waals surface area contributed by atoms with E-state index in [1.807, 2.05) is 4.90 Å². The maximum atomic E-state index is 14.2. The van der Waals surface area contributed by atoms with Crippen molar-refractivity contribution in [2.24, 2.45) is 4.99 Å². The summed E-state index contributed by atoms with van der Waals surface area (Å²) in [7, 11) is 1.30. The van der Waals surface area contributed by atoms with Crippen LogP contribution in [-0.4, -0.2) is 54.2 Å². The fourth-order valence-electron chi connectivity index (χ4n) is 3.54. The molecule has 9 heteroatoms. The van der Waals surface area contributed by atoms with E-state index in [1.165, 1.54) is 31.4 Å². The number of esters is 1. The van der Waals surface area contributed by atoms with Crippen LogP contribution in [0, 0.1) is 5.82 Å². The molecular formula is C22H26BrFN4O3. The first kappa shape index (κ1) is 23.0. The third-order valence-electron chi connectivity index (χ3n) is 4.93. The van der Waals surface area contributed by atoms with E-state index in [9.17, 15) is 14.3 Å². The molecular weight excluding hydrogens is 467 g/mol. The lowest BCUT2D eigenvalue weighted by atomic mass is 10.1. The molecule has 3 N–H and O–H groups in total. The zero-order valence-corrected chi connectivity index (χ0v) is 19.2. The van der Waals surface area contributed by atoms with E-state index in [0.29, 0.717) is 35.9 Å². The van der Waals surface area contributed by atoms with E-state index in [4.69, 9.17) is 4.74 Å². The fourth-order valence-corrected chi connectivity index (χ4v) is 3.95. The Morgan fingerprint density at radius 3 is 2.68 bits per heavy atom. The predicted octanol–water partition coefficient (Wildman–Crippen LogP) is 3.73. The van der Waals surface area contributed by atoms with Crippen molar-refractivity contribution in [3.8, 4) is 5.75 Å². The zero-order chi connectivity index (χ0) is 22.5. The minimum absolute atomic E-state index is 0.0368. The molecule has 1 aliphatic heterocycles. The summed E-state index contributed by atoms with van der Waals surface area (Å²) < 4.78 is 19.8. The number of guanidine groups is 1. The van der Waals surface area contributed by atoms with Gasteiger partial charge in [-0.1, -0.05) is 15.9 Å². The van der Waals surface area contributed by atoms with Gasteiger partial charge in [0.25, 0.3) is 0 Å². The first-order valence-corrected chi connectivity index (χ1v) is 10.7. The van der Waals surface area contributed by atoms with Crippen LogP contribution >= 0.6 is 15.9 Å². The van der Waals surface area contributed by atoms with Gasteiger partial charge in [0.2, 0.25) is 0 Å². The minimum Gasteiger partial charge on any atom is -0.506 e. The Morgan fingerprint density at radius 1 is 1.29 bits per heavy atom. The van der Waals surface area contributed by atoms with Gasteiger partial charge in [-0.15, -0.1) is 0 Å². The Bertz CT molecular complexity index is 975. The molecule has 7 nitrogen and oxygen atoms in total. The van der Waals surface area contributed by atoms with Crippen molar-refractivity contribution in [2.75, 3.05) is 25.5 Å². The van der Waals surface area contributed by atoms with Gasteiger partial charge in [0.15, 0.2) is 5.96 Å². The Balaban J connectivity index is 1.94. The maximum Gasteiger partial charge on any atom is 0.337 e. The van der Waals surface area contributed by atoms with Gasteiger partial charge in [0.1, 0.15) is 11.6 Å². The van der Waals surface area contributed by atoms with Crippen LogP contribution in [-0.2, 0) is 11.3 Å². The minimum atomic E-state index is -0.512. The molecule has 2 unspecified atom stereocenters. The normalized spacial score (nSPS) is 19.3. The Kier molecular flexibility index (Phi) is 7.50. The highest BCUT2D eigenvalue weighted by molar-refractivity contribution is 9.10. The number of rotatable bonds is 4.